The van der Waals surface area contributed by atoms with Gasteiger partial charge in [0.05, 0.1) is 6.10 Å². The van der Waals surface area contributed by atoms with Crippen LogP contribution in [0.1, 0.15) is 23.8 Å². The molecule has 2 atom stereocenters. The fourth-order valence-electron chi connectivity index (χ4n) is 2.15. The molecule has 2 N–H and O–H groups in total. The molecular weight excluding hydrogens is 238 g/mol. The van der Waals surface area contributed by atoms with Crippen molar-refractivity contribution >= 4 is 11.7 Å². The number of aliphatic hydroxyl groups excluding tert-OH is 1. The Bertz CT molecular complexity index is 469. The Hall–Kier alpha value is -1.89. The molecule has 1 saturated heterocycles. The molecule has 2 rings (SSSR count). The zero-order chi connectivity index (χ0) is 13.3. The first kappa shape index (κ1) is 12.6. The van der Waals surface area contributed by atoms with Gasteiger partial charge in [-0.15, -0.1) is 0 Å². The molecule has 1 fully saturated rings. The van der Waals surface area contributed by atoms with Crippen molar-refractivity contribution in [3.8, 4) is 0 Å². The second-order valence-corrected chi connectivity index (χ2v) is 4.55. The van der Waals surface area contributed by atoms with Crippen molar-refractivity contribution in [1.82, 2.24) is 9.88 Å². The van der Waals surface area contributed by atoms with E-state index in [1.807, 2.05) is 0 Å². The van der Waals surface area contributed by atoms with Crippen LogP contribution >= 0.6 is 0 Å². The molecule has 7 nitrogen and oxygen atoms in total. The van der Waals surface area contributed by atoms with Gasteiger partial charge in [-0.1, -0.05) is 0 Å². The van der Waals surface area contributed by atoms with Crippen LogP contribution in [-0.2, 0) is 0 Å². The summed E-state index contributed by atoms with van der Waals surface area (Å²) in [5.74, 6) is -0.366. The van der Waals surface area contributed by atoms with Crippen LogP contribution in [0, 0.1) is 16.0 Å². The van der Waals surface area contributed by atoms with Crippen molar-refractivity contribution in [1.29, 1.82) is 0 Å². The molecule has 0 bridgehead atoms. The monoisotopic (exact) mass is 253 g/mol. The maximum Gasteiger partial charge on any atom is 0.321 e. The molecule has 0 radical (unpaired) electrons. The van der Waals surface area contributed by atoms with Crippen LogP contribution in [0.25, 0.3) is 0 Å². The van der Waals surface area contributed by atoms with Crippen molar-refractivity contribution in [3.63, 3.8) is 0 Å². The smallest absolute Gasteiger partial charge is 0.321 e. The molecule has 2 heterocycles. The fraction of sp³-hybridized carbons (Fsp3) is 0.545. The van der Waals surface area contributed by atoms with Crippen molar-refractivity contribution < 1.29 is 14.8 Å². The van der Waals surface area contributed by atoms with Gasteiger partial charge in [-0.2, -0.15) is 0 Å². The number of aromatic amines is 1. The molecule has 1 aromatic rings. The largest absolute Gasteiger partial charge is 0.393 e. The molecule has 1 aliphatic rings. The topological polar surface area (TPSA) is 99.5 Å². The number of nitrogens with one attached hydrogen (secondary N) is 1. The van der Waals surface area contributed by atoms with Crippen LogP contribution in [-0.4, -0.2) is 45.0 Å². The van der Waals surface area contributed by atoms with E-state index in [1.54, 1.807) is 11.8 Å². The summed E-state index contributed by atoms with van der Waals surface area (Å²) in [5, 5.41) is 20.0. The van der Waals surface area contributed by atoms with Gasteiger partial charge < -0.3 is 20.1 Å². The van der Waals surface area contributed by atoms with Gasteiger partial charge in [-0.25, -0.2) is 4.98 Å². The molecule has 0 saturated carbocycles. The molecule has 1 aliphatic heterocycles. The van der Waals surface area contributed by atoms with E-state index < -0.39 is 11.0 Å². The Morgan fingerprint density at radius 2 is 2.39 bits per heavy atom. The number of H-pyrrole nitrogens is 1. The summed E-state index contributed by atoms with van der Waals surface area (Å²) in [6, 6.07) is 2.69. The Morgan fingerprint density at radius 3 is 2.89 bits per heavy atom. The summed E-state index contributed by atoms with van der Waals surface area (Å²) in [5.41, 5.74) is 0.216. The first-order valence-corrected chi connectivity index (χ1v) is 5.80. The first-order valence-electron chi connectivity index (χ1n) is 5.80. The average molecular weight is 253 g/mol. The average Bonchev–Trinajstić information content (AvgIpc) is 2.97. The maximum atomic E-state index is 12.0. The molecule has 0 spiro atoms. The lowest BCUT2D eigenvalue weighted by Crippen LogP contribution is -2.30. The lowest BCUT2D eigenvalue weighted by atomic mass is 10.0. The van der Waals surface area contributed by atoms with Gasteiger partial charge in [0.15, 0.2) is 5.69 Å². The number of hydrogen-bond acceptors (Lipinski definition) is 4. The molecule has 7 heteroatoms. The Morgan fingerprint density at radius 1 is 1.67 bits per heavy atom. The summed E-state index contributed by atoms with van der Waals surface area (Å²) < 4.78 is 0. The summed E-state index contributed by atoms with van der Waals surface area (Å²) >= 11 is 0. The van der Waals surface area contributed by atoms with Crippen LogP contribution in [0.3, 0.4) is 0 Å². The lowest BCUT2D eigenvalue weighted by molar-refractivity contribution is -0.389. The zero-order valence-corrected chi connectivity index (χ0v) is 10.00. The third-order valence-electron chi connectivity index (χ3n) is 3.29. The van der Waals surface area contributed by atoms with E-state index in [0.29, 0.717) is 13.1 Å². The van der Waals surface area contributed by atoms with Crippen LogP contribution in [0.4, 0.5) is 5.82 Å². The predicted molar refractivity (Wildman–Crippen MR) is 63.1 cm³/mol. The zero-order valence-electron chi connectivity index (χ0n) is 10.00. The highest BCUT2D eigenvalue weighted by Gasteiger charge is 2.31. The number of aromatic nitrogens is 1. The van der Waals surface area contributed by atoms with Crippen molar-refractivity contribution in [2.45, 2.75) is 19.4 Å². The lowest BCUT2D eigenvalue weighted by Gasteiger charge is -2.15. The summed E-state index contributed by atoms with van der Waals surface area (Å²) in [6.45, 7) is 2.77. The maximum absolute atomic E-state index is 12.0. The van der Waals surface area contributed by atoms with E-state index in [1.165, 1.54) is 12.1 Å². The number of rotatable bonds is 3. The molecule has 0 aliphatic carbocycles. The van der Waals surface area contributed by atoms with E-state index in [2.05, 4.69) is 4.98 Å². The molecule has 18 heavy (non-hydrogen) atoms. The van der Waals surface area contributed by atoms with Crippen molar-refractivity contribution in [2.24, 2.45) is 5.92 Å². The predicted octanol–water partition coefficient (Wildman–Crippen LogP) is 0.766. The first-order chi connectivity index (χ1) is 8.49. The van der Waals surface area contributed by atoms with Crippen LogP contribution in [0.15, 0.2) is 12.1 Å². The second kappa shape index (κ2) is 4.77. The molecule has 1 aromatic heterocycles. The minimum Gasteiger partial charge on any atom is -0.393 e. The van der Waals surface area contributed by atoms with E-state index in [4.69, 9.17) is 0 Å². The highest BCUT2D eigenvalue weighted by atomic mass is 16.6. The molecular formula is C11H15N3O4. The van der Waals surface area contributed by atoms with Gasteiger partial charge in [0.1, 0.15) is 0 Å². The summed E-state index contributed by atoms with van der Waals surface area (Å²) in [4.78, 5) is 26.1. The third-order valence-corrected chi connectivity index (χ3v) is 3.29. The summed E-state index contributed by atoms with van der Waals surface area (Å²) in [7, 11) is 0. The van der Waals surface area contributed by atoms with E-state index in [9.17, 15) is 20.0 Å². The number of amides is 1. The van der Waals surface area contributed by atoms with Crippen LogP contribution < -0.4 is 0 Å². The number of nitro groups is 1. The van der Waals surface area contributed by atoms with Crippen LogP contribution in [0.5, 0.6) is 0 Å². The molecule has 1 amide bonds. The Balaban J connectivity index is 2.05. The minimum absolute atomic E-state index is 0.0823. The highest BCUT2D eigenvalue weighted by Crippen LogP contribution is 2.22. The third kappa shape index (κ3) is 2.35. The molecule has 98 valence electrons. The Labute approximate surface area is 104 Å². The van der Waals surface area contributed by atoms with Gasteiger partial charge in [-0.3, -0.25) is 4.79 Å². The number of hydrogen-bond donors (Lipinski definition) is 2. The van der Waals surface area contributed by atoms with Gasteiger partial charge >= 0.3 is 5.82 Å². The second-order valence-electron chi connectivity index (χ2n) is 4.55. The number of aliphatic hydroxyl groups is 1. The van der Waals surface area contributed by atoms with Crippen LogP contribution in [0.2, 0.25) is 0 Å². The molecule has 0 aromatic carbocycles. The quantitative estimate of drug-likeness (QED) is 0.613. The van der Waals surface area contributed by atoms with Gasteiger partial charge in [0.2, 0.25) is 0 Å². The number of carbonyl (C=O) groups excluding carboxylic acids is 1. The number of likely N-dealkylation sites (tertiary alicyclic amines) is 1. The molecule has 2 unspecified atom stereocenters. The van der Waals surface area contributed by atoms with Crippen molar-refractivity contribution in [2.75, 3.05) is 13.1 Å². The summed E-state index contributed by atoms with van der Waals surface area (Å²) in [6.07, 6.45) is 0.312. The van der Waals surface area contributed by atoms with E-state index in [-0.39, 0.29) is 23.3 Å². The number of carbonyl (C=O) groups is 1. The number of nitrogens with zero attached hydrogens (tertiary/aromatic N) is 2. The van der Waals surface area contributed by atoms with Crippen molar-refractivity contribution in [3.05, 3.63) is 27.9 Å². The minimum atomic E-state index is -0.570. The van der Waals surface area contributed by atoms with Gasteiger partial charge in [-0.05, 0) is 24.3 Å². The van der Waals surface area contributed by atoms with E-state index >= 15 is 0 Å². The van der Waals surface area contributed by atoms with Gasteiger partial charge in [0, 0.05) is 25.1 Å². The Kier molecular flexibility index (Phi) is 3.33. The van der Waals surface area contributed by atoms with E-state index in [0.717, 1.165) is 6.42 Å². The highest BCUT2D eigenvalue weighted by molar-refractivity contribution is 5.93. The normalized spacial score (nSPS) is 21.0. The fourth-order valence-corrected chi connectivity index (χ4v) is 2.15. The standard InChI is InChI=1S/C11H15N3O4/c1-7(15)8-4-5-13(6-8)11(16)9-2-3-10(12-9)14(17)18/h2-3,7-8,12,15H,4-6H2,1H3. The SMILES string of the molecule is CC(O)C1CCN(C(=O)c2ccc([N+](=O)[O-])[nH]2)C1. The van der Waals surface area contributed by atoms with Gasteiger partial charge in [0.25, 0.3) is 5.91 Å².